The SMILES string of the molecule is CC(C)n1ccnc1[C@H]1CCCN(C(=O)Cc2ccc(O)c(F)c2)C1. The van der Waals surface area contributed by atoms with Gasteiger partial charge >= 0.3 is 0 Å². The lowest BCUT2D eigenvalue weighted by Crippen LogP contribution is -2.40. The third-order valence-electron chi connectivity index (χ3n) is 4.76. The van der Waals surface area contributed by atoms with E-state index in [1.165, 1.54) is 12.1 Å². The molecule has 1 aliphatic rings. The maximum Gasteiger partial charge on any atom is 0.227 e. The van der Waals surface area contributed by atoms with Crippen molar-refractivity contribution in [2.45, 2.75) is 45.1 Å². The van der Waals surface area contributed by atoms with Gasteiger partial charge in [0.15, 0.2) is 11.6 Å². The Kier molecular flexibility index (Phi) is 5.06. The van der Waals surface area contributed by atoms with Crippen LogP contribution in [0.2, 0.25) is 0 Å². The molecule has 6 heteroatoms. The van der Waals surface area contributed by atoms with E-state index in [1.54, 1.807) is 6.07 Å². The molecule has 1 saturated heterocycles. The minimum Gasteiger partial charge on any atom is -0.505 e. The second kappa shape index (κ2) is 7.25. The molecule has 1 fully saturated rings. The highest BCUT2D eigenvalue weighted by Gasteiger charge is 2.27. The lowest BCUT2D eigenvalue weighted by Gasteiger charge is -2.33. The molecule has 0 spiro atoms. The molecule has 1 aromatic carbocycles. The van der Waals surface area contributed by atoms with Gasteiger partial charge in [0.05, 0.1) is 6.42 Å². The van der Waals surface area contributed by atoms with Gasteiger partial charge < -0.3 is 14.6 Å². The number of hydrogen-bond donors (Lipinski definition) is 1. The zero-order valence-corrected chi connectivity index (χ0v) is 14.7. The van der Waals surface area contributed by atoms with Crippen LogP contribution in [0.25, 0.3) is 0 Å². The van der Waals surface area contributed by atoms with E-state index in [1.807, 2.05) is 17.3 Å². The van der Waals surface area contributed by atoms with Crippen molar-refractivity contribution in [1.82, 2.24) is 14.5 Å². The highest BCUT2D eigenvalue weighted by molar-refractivity contribution is 5.79. The first-order valence-corrected chi connectivity index (χ1v) is 8.73. The largest absolute Gasteiger partial charge is 0.505 e. The molecule has 1 N–H and O–H groups in total. The van der Waals surface area contributed by atoms with Crippen LogP contribution < -0.4 is 0 Å². The highest BCUT2D eigenvalue weighted by Crippen LogP contribution is 2.28. The summed E-state index contributed by atoms with van der Waals surface area (Å²) in [6.45, 7) is 5.61. The molecule has 2 aromatic rings. The molecule has 1 amide bonds. The highest BCUT2D eigenvalue weighted by atomic mass is 19.1. The number of aromatic hydroxyl groups is 1. The fourth-order valence-corrected chi connectivity index (χ4v) is 3.44. The number of halogens is 1. The smallest absolute Gasteiger partial charge is 0.227 e. The Bertz CT molecular complexity index is 757. The number of rotatable bonds is 4. The number of aromatic nitrogens is 2. The minimum atomic E-state index is -0.694. The number of likely N-dealkylation sites (tertiary alicyclic amines) is 1. The number of phenols is 1. The van der Waals surface area contributed by atoms with E-state index >= 15 is 0 Å². The zero-order chi connectivity index (χ0) is 18.0. The van der Waals surface area contributed by atoms with Crippen molar-refractivity contribution in [1.29, 1.82) is 0 Å². The van der Waals surface area contributed by atoms with Crippen molar-refractivity contribution in [2.24, 2.45) is 0 Å². The average molecular weight is 345 g/mol. The zero-order valence-electron chi connectivity index (χ0n) is 14.7. The summed E-state index contributed by atoms with van der Waals surface area (Å²) in [6, 6.07) is 4.43. The van der Waals surface area contributed by atoms with E-state index in [9.17, 15) is 14.3 Å². The van der Waals surface area contributed by atoms with Gasteiger partial charge in [-0.15, -0.1) is 0 Å². The third kappa shape index (κ3) is 3.83. The van der Waals surface area contributed by atoms with Crippen LogP contribution in [0.5, 0.6) is 5.75 Å². The van der Waals surface area contributed by atoms with Crippen LogP contribution in [0.4, 0.5) is 4.39 Å². The van der Waals surface area contributed by atoms with Crippen molar-refractivity contribution in [2.75, 3.05) is 13.1 Å². The van der Waals surface area contributed by atoms with E-state index in [2.05, 4.69) is 23.4 Å². The number of benzene rings is 1. The van der Waals surface area contributed by atoms with Crippen LogP contribution in [0.15, 0.2) is 30.6 Å². The fourth-order valence-electron chi connectivity index (χ4n) is 3.44. The molecule has 0 saturated carbocycles. The molecule has 0 bridgehead atoms. The Labute approximate surface area is 147 Å². The van der Waals surface area contributed by atoms with Crippen LogP contribution in [-0.2, 0) is 11.2 Å². The van der Waals surface area contributed by atoms with Gasteiger partial charge in [-0.05, 0) is 44.4 Å². The fraction of sp³-hybridized carbons (Fsp3) is 0.474. The summed E-state index contributed by atoms with van der Waals surface area (Å²) >= 11 is 0. The third-order valence-corrected chi connectivity index (χ3v) is 4.76. The number of hydrogen-bond acceptors (Lipinski definition) is 3. The molecule has 3 rings (SSSR count). The Morgan fingerprint density at radius 3 is 2.96 bits per heavy atom. The molecule has 25 heavy (non-hydrogen) atoms. The first kappa shape index (κ1) is 17.5. The molecule has 1 aromatic heterocycles. The number of phenolic OH excluding ortho intramolecular Hbond substituents is 1. The molecule has 1 aliphatic heterocycles. The monoisotopic (exact) mass is 345 g/mol. The van der Waals surface area contributed by atoms with Crippen molar-refractivity contribution in [3.63, 3.8) is 0 Å². The van der Waals surface area contributed by atoms with Crippen molar-refractivity contribution in [3.05, 3.63) is 47.8 Å². The summed E-state index contributed by atoms with van der Waals surface area (Å²) in [7, 11) is 0. The van der Waals surface area contributed by atoms with E-state index in [0.717, 1.165) is 25.2 Å². The summed E-state index contributed by atoms with van der Waals surface area (Å²) in [5.74, 6) is 0.155. The number of imidazole rings is 1. The molecule has 1 atom stereocenters. The van der Waals surface area contributed by atoms with E-state index in [0.29, 0.717) is 18.2 Å². The number of piperidine rings is 1. The quantitative estimate of drug-likeness (QED) is 0.925. The first-order chi connectivity index (χ1) is 12.0. The van der Waals surface area contributed by atoms with Gasteiger partial charge in [-0.3, -0.25) is 4.79 Å². The maximum atomic E-state index is 13.5. The van der Waals surface area contributed by atoms with Gasteiger partial charge in [0.2, 0.25) is 5.91 Å². The standard InChI is InChI=1S/C19H24FN3O2/c1-13(2)23-9-7-21-19(23)15-4-3-8-22(12-15)18(25)11-14-5-6-17(24)16(20)10-14/h5-7,9-10,13,15,24H,3-4,8,11-12H2,1-2H3/t15-/m0/s1. The lowest BCUT2D eigenvalue weighted by atomic mass is 9.96. The van der Waals surface area contributed by atoms with Crippen molar-refractivity contribution >= 4 is 5.91 Å². The number of carbonyl (C=O) groups excluding carboxylic acids is 1. The predicted molar refractivity (Wildman–Crippen MR) is 92.9 cm³/mol. The molecule has 0 radical (unpaired) electrons. The van der Waals surface area contributed by atoms with Crippen LogP contribution in [0.3, 0.4) is 0 Å². The number of nitrogens with zero attached hydrogens (tertiary/aromatic N) is 3. The molecule has 0 aliphatic carbocycles. The van der Waals surface area contributed by atoms with Gasteiger partial charge in [-0.2, -0.15) is 0 Å². The molecule has 0 unspecified atom stereocenters. The molecule has 134 valence electrons. The van der Waals surface area contributed by atoms with Gasteiger partial charge in [-0.1, -0.05) is 6.07 Å². The summed E-state index contributed by atoms with van der Waals surface area (Å²) in [5, 5.41) is 9.26. The van der Waals surface area contributed by atoms with Crippen molar-refractivity contribution in [3.8, 4) is 5.75 Å². The Hall–Kier alpha value is -2.37. The summed E-state index contributed by atoms with van der Waals surface area (Å²) < 4.78 is 15.6. The summed E-state index contributed by atoms with van der Waals surface area (Å²) in [4.78, 5) is 19.0. The van der Waals surface area contributed by atoms with Gasteiger partial charge in [0.25, 0.3) is 0 Å². The number of amides is 1. The Morgan fingerprint density at radius 1 is 1.44 bits per heavy atom. The van der Waals surface area contributed by atoms with Gasteiger partial charge in [0, 0.05) is 37.4 Å². The normalized spacial score (nSPS) is 17.9. The van der Waals surface area contributed by atoms with Gasteiger partial charge in [-0.25, -0.2) is 9.37 Å². The van der Waals surface area contributed by atoms with Gasteiger partial charge in [0.1, 0.15) is 5.82 Å². The van der Waals surface area contributed by atoms with E-state index in [4.69, 9.17) is 0 Å². The first-order valence-electron chi connectivity index (χ1n) is 8.73. The van der Waals surface area contributed by atoms with E-state index in [-0.39, 0.29) is 18.2 Å². The summed E-state index contributed by atoms with van der Waals surface area (Å²) in [6.07, 6.45) is 5.89. The minimum absolute atomic E-state index is 0.0163. The molecular weight excluding hydrogens is 321 g/mol. The van der Waals surface area contributed by atoms with Crippen molar-refractivity contribution < 1.29 is 14.3 Å². The number of carbonyl (C=O) groups is 1. The van der Waals surface area contributed by atoms with Crippen LogP contribution >= 0.6 is 0 Å². The second-order valence-electron chi connectivity index (χ2n) is 6.93. The maximum absolute atomic E-state index is 13.5. The van der Waals surface area contributed by atoms with E-state index < -0.39 is 11.6 Å². The predicted octanol–water partition coefficient (Wildman–Crippen LogP) is 3.26. The van der Waals surface area contributed by atoms with Crippen LogP contribution in [-0.4, -0.2) is 38.6 Å². The molecule has 2 heterocycles. The average Bonchev–Trinajstić information content (AvgIpc) is 3.08. The summed E-state index contributed by atoms with van der Waals surface area (Å²) in [5.41, 5.74) is 0.575. The topological polar surface area (TPSA) is 58.4 Å². The lowest BCUT2D eigenvalue weighted by molar-refractivity contribution is -0.131. The molecular formula is C19H24FN3O2. The van der Waals surface area contributed by atoms with Crippen LogP contribution in [0.1, 0.15) is 50.0 Å². The second-order valence-corrected chi connectivity index (χ2v) is 6.93. The van der Waals surface area contributed by atoms with Crippen LogP contribution in [0, 0.1) is 5.82 Å². The molecule has 5 nitrogen and oxygen atoms in total. The Morgan fingerprint density at radius 2 is 2.24 bits per heavy atom. The Balaban J connectivity index is 1.69.